The zero-order valence-electron chi connectivity index (χ0n) is 5.83. The van der Waals surface area contributed by atoms with Crippen molar-refractivity contribution in [3.63, 3.8) is 0 Å². The van der Waals surface area contributed by atoms with E-state index in [0.717, 1.165) is 0 Å². The smallest absolute Gasteiger partial charge is 0.364 e. The van der Waals surface area contributed by atoms with Gasteiger partial charge >= 0.3 is 6.18 Å². The summed E-state index contributed by atoms with van der Waals surface area (Å²) < 4.78 is 70.1. The van der Waals surface area contributed by atoms with Crippen LogP contribution in [0.1, 0.15) is 0 Å². The summed E-state index contributed by atoms with van der Waals surface area (Å²) in [5.74, 6) is -4.84. The van der Waals surface area contributed by atoms with Crippen LogP contribution in [0, 0.1) is 0 Å². The second-order valence-electron chi connectivity index (χ2n) is 1.89. The quantitative estimate of drug-likeness (QED) is 0.541. The topological polar surface area (TPSA) is 43.1 Å². The predicted molar refractivity (Wildman–Crippen MR) is 29.4 cm³/mol. The molecule has 0 bridgehead atoms. The maximum atomic E-state index is 12.1. The highest BCUT2D eigenvalue weighted by molar-refractivity contribution is 5.90. The SMILES string of the molecule is NC(=O)/C(F)=C(/C(F)F)C(F)(F)F. The molecule has 0 aromatic heterocycles. The van der Waals surface area contributed by atoms with Crippen molar-refractivity contribution in [1.82, 2.24) is 0 Å². The van der Waals surface area contributed by atoms with Crippen LogP contribution in [0.2, 0.25) is 0 Å². The first kappa shape index (κ1) is 11.8. The molecule has 0 atom stereocenters. The lowest BCUT2D eigenvalue weighted by molar-refractivity contribution is -0.122. The van der Waals surface area contributed by atoms with Crippen LogP contribution in [0.4, 0.5) is 26.3 Å². The summed E-state index contributed by atoms with van der Waals surface area (Å²) in [6.45, 7) is 0. The first-order valence-electron chi connectivity index (χ1n) is 2.72. The third-order valence-electron chi connectivity index (χ3n) is 0.976. The van der Waals surface area contributed by atoms with Gasteiger partial charge in [0.25, 0.3) is 12.3 Å². The second kappa shape index (κ2) is 3.67. The van der Waals surface area contributed by atoms with Gasteiger partial charge in [-0.1, -0.05) is 0 Å². The van der Waals surface area contributed by atoms with E-state index >= 15 is 0 Å². The Morgan fingerprint density at radius 1 is 1.23 bits per heavy atom. The lowest BCUT2D eigenvalue weighted by Crippen LogP contribution is -2.25. The maximum absolute atomic E-state index is 12.1. The molecule has 0 fully saturated rings. The highest BCUT2D eigenvalue weighted by Gasteiger charge is 2.44. The highest BCUT2D eigenvalue weighted by atomic mass is 19.4. The molecular weight excluding hydrogens is 204 g/mol. The van der Waals surface area contributed by atoms with Gasteiger partial charge in [0.1, 0.15) is 5.57 Å². The Morgan fingerprint density at radius 2 is 1.62 bits per heavy atom. The molecule has 0 spiro atoms. The Morgan fingerprint density at radius 3 is 1.69 bits per heavy atom. The van der Waals surface area contributed by atoms with Crippen molar-refractivity contribution in [2.75, 3.05) is 0 Å². The molecule has 2 nitrogen and oxygen atoms in total. The van der Waals surface area contributed by atoms with E-state index in [2.05, 4.69) is 5.73 Å². The molecule has 8 heteroatoms. The standard InChI is InChI=1S/C5H3F6NO/c6-2(4(12)13)1(3(7)8)5(9,10)11/h3H,(H2,12,13)/b2-1+. The van der Waals surface area contributed by atoms with Gasteiger partial charge in [-0.25, -0.2) is 13.2 Å². The Labute approximate surface area is 68.0 Å². The number of alkyl halides is 5. The van der Waals surface area contributed by atoms with E-state index in [0.29, 0.717) is 0 Å². The number of halogens is 6. The van der Waals surface area contributed by atoms with Crippen LogP contribution >= 0.6 is 0 Å². The summed E-state index contributed by atoms with van der Waals surface area (Å²) in [6, 6.07) is 0. The molecule has 0 aliphatic rings. The molecule has 76 valence electrons. The summed E-state index contributed by atoms with van der Waals surface area (Å²) in [7, 11) is 0. The Kier molecular flexibility index (Phi) is 3.33. The summed E-state index contributed by atoms with van der Waals surface area (Å²) in [5, 5.41) is 0. The van der Waals surface area contributed by atoms with Crippen LogP contribution in [0.15, 0.2) is 11.4 Å². The monoisotopic (exact) mass is 207 g/mol. The maximum Gasteiger partial charge on any atom is 0.421 e. The molecule has 0 aromatic carbocycles. The number of amides is 1. The number of carbonyl (C=O) groups excluding carboxylic acids is 1. The van der Waals surface area contributed by atoms with E-state index in [-0.39, 0.29) is 0 Å². The number of nitrogens with two attached hydrogens (primary N) is 1. The van der Waals surface area contributed by atoms with Crippen LogP contribution in [0.3, 0.4) is 0 Å². The molecule has 0 radical (unpaired) electrons. The third kappa shape index (κ3) is 2.96. The van der Waals surface area contributed by atoms with E-state index in [1.807, 2.05) is 0 Å². The minimum atomic E-state index is -5.60. The lowest BCUT2D eigenvalue weighted by Gasteiger charge is -2.10. The lowest BCUT2D eigenvalue weighted by atomic mass is 10.2. The van der Waals surface area contributed by atoms with E-state index in [4.69, 9.17) is 0 Å². The fourth-order valence-corrected chi connectivity index (χ4v) is 0.477. The zero-order chi connectivity index (χ0) is 10.8. The van der Waals surface area contributed by atoms with Gasteiger partial charge in [-0.3, -0.25) is 4.79 Å². The van der Waals surface area contributed by atoms with Gasteiger partial charge in [-0.05, 0) is 0 Å². The summed E-state index contributed by atoms with van der Waals surface area (Å²) in [4.78, 5) is 9.85. The van der Waals surface area contributed by atoms with Gasteiger partial charge in [-0.15, -0.1) is 0 Å². The van der Waals surface area contributed by atoms with Gasteiger partial charge in [-0.2, -0.15) is 13.2 Å². The molecule has 2 N–H and O–H groups in total. The normalized spacial score (nSPS) is 14.4. The molecule has 0 heterocycles. The minimum absolute atomic E-state index is 2.17. The average molecular weight is 207 g/mol. The van der Waals surface area contributed by atoms with Crippen molar-refractivity contribution in [2.45, 2.75) is 12.6 Å². The molecule has 0 unspecified atom stereocenters. The Bertz CT molecular complexity index is 242. The molecular formula is C5H3F6NO. The van der Waals surface area contributed by atoms with Crippen LogP contribution in [-0.2, 0) is 4.79 Å². The van der Waals surface area contributed by atoms with Crippen LogP contribution in [0.5, 0.6) is 0 Å². The van der Waals surface area contributed by atoms with Gasteiger partial charge in [0.05, 0.1) is 0 Å². The molecule has 0 saturated heterocycles. The molecule has 0 aliphatic carbocycles. The van der Waals surface area contributed by atoms with Gasteiger partial charge in [0.15, 0.2) is 0 Å². The minimum Gasteiger partial charge on any atom is -0.364 e. The number of rotatable bonds is 2. The van der Waals surface area contributed by atoms with E-state index in [1.54, 1.807) is 0 Å². The zero-order valence-corrected chi connectivity index (χ0v) is 5.83. The van der Waals surface area contributed by atoms with Crippen LogP contribution < -0.4 is 5.73 Å². The molecule has 0 saturated carbocycles. The fraction of sp³-hybridized carbons (Fsp3) is 0.400. The van der Waals surface area contributed by atoms with Crippen molar-refractivity contribution in [3.8, 4) is 0 Å². The molecule has 1 amide bonds. The number of carbonyl (C=O) groups is 1. The van der Waals surface area contributed by atoms with Crippen molar-refractivity contribution < 1.29 is 31.1 Å². The van der Waals surface area contributed by atoms with Crippen LogP contribution in [-0.4, -0.2) is 18.5 Å². The van der Waals surface area contributed by atoms with Crippen molar-refractivity contribution in [3.05, 3.63) is 11.4 Å². The average Bonchev–Trinajstić information content (AvgIpc) is 1.82. The van der Waals surface area contributed by atoms with E-state index < -0.39 is 29.9 Å². The molecule has 0 aromatic rings. The van der Waals surface area contributed by atoms with Crippen molar-refractivity contribution in [1.29, 1.82) is 0 Å². The van der Waals surface area contributed by atoms with E-state index in [9.17, 15) is 31.1 Å². The van der Waals surface area contributed by atoms with E-state index in [1.165, 1.54) is 0 Å². The Balaban J connectivity index is 5.26. The second-order valence-corrected chi connectivity index (χ2v) is 1.89. The summed E-state index contributed by atoms with van der Waals surface area (Å²) >= 11 is 0. The summed E-state index contributed by atoms with van der Waals surface area (Å²) in [6.07, 6.45) is -9.74. The van der Waals surface area contributed by atoms with Crippen LogP contribution in [0.25, 0.3) is 0 Å². The number of hydrogen-bond donors (Lipinski definition) is 1. The molecule has 0 aliphatic heterocycles. The number of allylic oxidation sites excluding steroid dienone is 1. The highest BCUT2D eigenvalue weighted by Crippen LogP contribution is 2.33. The Hall–Kier alpha value is -1.21. The number of primary amides is 1. The van der Waals surface area contributed by atoms with Crippen molar-refractivity contribution in [2.24, 2.45) is 5.73 Å². The summed E-state index contributed by atoms with van der Waals surface area (Å²) in [5.41, 5.74) is 1.22. The predicted octanol–water partition coefficient (Wildman–Crippen LogP) is 1.52. The molecule has 13 heavy (non-hydrogen) atoms. The first-order chi connectivity index (χ1) is 5.68. The van der Waals surface area contributed by atoms with Crippen molar-refractivity contribution >= 4 is 5.91 Å². The van der Waals surface area contributed by atoms with Gasteiger partial charge in [0.2, 0.25) is 5.83 Å². The molecule has 0 rings (SSSR count). The fourth-order valence-electron chi connectivity index (χ4n) is 0.477. The first-order valence-corrected chi connectivity index (χ1v) is 2.72. The largest absolute Gasteiger partial charge is 0.421 e. The third-order valence-corrected chi connectivity index (χ3v) is 0.976. The number of hydrogen-bond acceptors (Lipinski definition) is 1. The van der Waals surface area contributed by atoms with Gasteiger partial charge < -0.3 is 5.73 Å². The van der Waals surface area contributed by atoms with Gasteiger partial charge in [0, 0.05) is 0 Å².